The number of thiophene rings is 1. The van der Waals surface area contributed by atoms with Gasteiger partial charge in [-0.1, -0.05) is 11.6 Å². The zero-order chi connectivity index (χ0) is 19.4. The highest BCUT2D eigenvalue weighted by Gasteiger charge is 2.25. The van der Waals surface area contributed by atoms with Gasteiger partial charge in [0.15, 0.2) is 5.78 Å². The van der Waals surface area contributed by atoms with Gasteiger partial charge in [0, 0.05) is 54.5 Å². The summed E-state index contributed by atoms with van der Waals surface area (Å²) >= 11 is 7.31. The highest BCUT2D eigenvalue weighted by Crippen LogP contribution is 2.18. The minimum Gasteiger partial charge on any atom is -0.339 e. The number of aryl methyl sites for hydroxylation is 1. The molecule has 0 unspecified atom stereocenters. The van der Waals surface area contributed by atoms with Crippen LogP contribution < -0.4 is 0 Å². The predicted octanol–water partition coefficient (Wildman–Crippen LogP) is 3.66. The number of carbonyl (C=O) groups is 3. The number of nitrogens with zero attached hydrogens (tertiary/aromatic N) is 2. The van der Waals surface area contributed by atoms with E-state index >= 15 is 0 Å². The summed E-state index contributed by atoms with van der Waals surface area (Å²) in [6.07, 6.45) is 0.434. The molecule has 1 aliphatic heterocycles. The van der Waals surface area contributed by atoms with Gasteiger partial charge in [-0.3, -0.25) is 14.4 Å². The number of rotatable bonds is 5. The molecule has 0 radical (unpaired) electrons. The molecule has 3 rings (SSSR count). The topological polar surface area (TPSA) is 57.7 Å². The van der Waals surface area contributed by atoms with E-state index in [4.69, 9.17) is 11.6 Å². The van der Waals surface area contributed by atoms with E-state index in [0.717, 1.165) is 4.88 Å². The lowest BCUT2D eigenvalue weighted by atomic mass is 10.1. The van der Waals surface area contributed by atoms with E-state index in [1.807, 2.05) is 19.1 Å². The molecule has 0 bridgehead atoms. The zero-order valence-electron chi connectivity index (χ0n) is 15.1. The summed E-state index contributed by atoms with van der Waals surface area (Å²) in [5, 5.41) is 0.592. The van der Waals surface area contributed by atoms with Crippen molar-refractivity contribution in [3.63, 3.8) is 0 Å². The Balaban J connectivity index is 1.47. The molecule has 0 spiro atoms. The van der Waals surface area contributed by atoms with Crippen LogP contribution in [0.25, 0.3) is 0 Å². The van der Waals surface area contributed by atoms with E-state index in [1.165, 1.54) is 11.3 Å². The lowest BCUT2D eigenvalue weighted by Gasteiger charge is -2.34. The Kier molecular flexibility index (Phi) is 6.29. The molecule has 1 aliphatic rings. The number of ketones is 1. The molecule has 1 saturated heterocycles. The first-order chi connectivity index (χ1) is 12.9. The van der Waals surface area contributed by atoms with Gasteiger partial charge in [0.2, 0.25) is 5.91 Å². The minimum absolute atomic E-state index is 0.0120. The molecule has 27 heavy (non-hydrogen) atoms. The Morgan fingerprint density at radius 1 is 0.926 bits per heavy atom. The molecule has 0 aliphatic carbocycles. The van der Waals surface area contributed by atoms with Crippen LogP contribution in [0.5, 0.6) is 0 Å². The Bertz CT molecular complexity index is 839. The molecule has 2 amide bonds. The van der Waals surface area contributed by atoms with Crippen LogP contribution >= 0.6 is 22.9 Å². The van der Waals surface area contributed by atoms with E-state index in [2.05, 4.69) is 0 Å². The van der Waals surface area contributed by atoms with Crippen molar-refractivity contribution in [1.29, 1.82) is 0 Å². The Morgan fingerprint density at radius 2 is 1.56 bits per heavy atom. The second-order valence-corrected chi connectivity index (χ2v) is 8.24. The summed E-state index contributed by atoms with van der Waals surface area (Å²) < 4.78 is 0. The van der Waals surface area contributed by atoms with Crippen molar-refractivity contribution >= 4 is 40.5 Å². The molecule has 2 heterocycles. The SMILES string of the molecule is Cc1ccc(C(=O)CCC(=O)N2CCN(C(=O)c3ccc(Cl)cc3)CC2)s1. The second kappa shape index (κ2) is 8.67. The van der Waals surface area contributed by atoms with Crippen molar-refractivity contribution in [3.05, 3.63) is 56.7 Å². The molecule has 1 aromatic heterocycles. The van der Waals surface area contributed by atoms with Crippen LogP contribution in [0.4, 0.5) is 0 Å². The van der Waals surface area contributed by atoms with Gasteiger partial charge in [-0.15, -0.1) is 11.3 Å². The average Bonchev–Trinajstić information content (AvgIpc) is 3.12. The standard InChI is InChI=1S/C20H21ClN2O3S/c1-14-2-8-18(27-14)17(24)7-9-19(25)22-10-12-23(13-11-22)20(26)15-3-5-16(21)6-4-15/h2-6,8H,7,9-13H2,1H3. The Labute approximate surface area is 167 Å². The van der Waals surface area contributed by atoms with E-state index in [1.54, 1.807) is 34.1 Å². The fraction of sp³-hybridized carbons (Fsp3) is 0.350. The molecule has 1 aromatic carbocycles. The number of benzene rings is 1. The third-order valence-electron chi connectivity index (χ3n) is 4.59. The van der Waals surface area contributed by atoms with Crippen LogP contribution in [0.2, 0.25) is 5.02 Å². The maximum absolute atomic E-state index is 12.5. The zero-order valence-corrected chi connectivity index (χ0v) is 16.7. The normalized spacial score (nSPS) is 14.3. The number of carbonyl (C=O) groups excluding carboxylic acids is 3. The largest absolute Gasteiger partial charge is 0.339 e. The van der Waals surface area contributed by atoms with Crippen LogP contribution in [0, 0.1) is 6.92 Å². The van der Waals surface area contributed by atoms with Crippen LogP contribution in [0.1, 0.15) is 37.7 Å². The van der Waals surface area contributed by atoms with E-state index in [-0.39, 0.29) is 30.4 Å². The first kappa shape index (κ1) is 19.6. The molecule has 5 nitrogen and oxygen atoms in total. The second-order valence-electron chi connectivity index (χ2n) is 6.51. The monoisotopic (exact) mass is 404 g/mol. The highest BCUT2D eigenvalue weighted by atomic mass is 35.5. The molecule has 0 N–H and O–H groups in total. The third kappa shape index (κ3) is 4.96. The molecular formula is C20H21ClN2O3S. The lowest BCUT2D eigenvalue weighted by molar-refractivity contribution is -0.132. The fourth-order valence-electron chi connectivity index (χ4n) is 3.02. The van der Waals surface area contributed by atoms with Crippen molar-refractivity contribution < 1.29 is 14.4 Å². The van der Waals surface area contributed by atoms with Crippen molar-refractivity contribution in [1.82, 2.24) is 9.80 Å². The molecular weight excluding hydrogens is 384 g/mol. The third-order valence-corrected chi connectivity index (χ3v) is 5.89. The van der Waals surface area contributed by atoms with Crippen molar-refractivity contribution in [2.75, 3.05) is 26.2 Å². The van der Waals surface area contributed by atoms with Crippen LogP contribution in [-0.4, -0.2) is 53.6 Å². The lowest BCUT2D eigenvalue weighted by Crippen LogP contribution is -2.50. The summed E-state index contributed by atoms with van der Waals surface area (Å²) in [6, 6.07) is 10.5. The predicted molar refractivity (Wildman–Crippen MR) is 107 cm³/mol. The maximum Gasteiger partial charge on any atom is 0.253 e. The summed E-state index contributed by atoms with van der Waals surface area (Å²) in [5.74, 6) is -0.0739. The molecule has 2 aromatic rings. The van der Waals surface area contributed by atoms with Crippen LogP contribution in [0.3, 0.4) is 0 Å². The molecule has 0 saturated carbocycles. The van der Waals surface area contributed by atoms with Crippen molar-refractivity contribution in [2.45, 2.75) is 19.8 Å². The van der Waals surface area contributed by atoms with E-state index in [9.17, 15) is 14.4 Å². The van der Waals surface area contributed by atoms with Crippen molar-refractivity contribution in [3.8, 4) is 0 Å². The minimum atomic E-state index is -0.0537. The van der Waals surface area contributed by atoms with Gasteiger partial charge in [0.1, 0.15) is 0 Å². The number of halogens is 1. The first-order valence-corrected chi connectivity index (χ1v) is 10.1. The van der Waals surface area contributed by atoms with Crippen LogP contribution in [-0.2, 0) is 4.79 Å². The number of hydrogen-bond acceptors (Lipinski definition) is 4. The maximum atomic E-state index is 12.5. The molecule has 7 heteroatoms. The summed E-state index contributed by atoms with van der Waals surface area (Å²) in [4.78, 5) is 42.3. The first-order valence-electron chi connectivity index (χ1n) is 8.86. The van der Waals surface area contributed by atoms with Gasteiger partial charge < -0.3 is 9.80 Å². The summed E-state index contributed by atoms with van der Waals surface area (Å²) in [5.41, 5.74) is 0.594. The van der Waals surface area contributed by atoms with Gasteiger partial charge in [-0.05, 0) is 43.3 Å². The Morgan fingerprint density at radius 3 is 2.15 bits per heavy atom. The number of amides is 2. The average molecular weight is 405 g/mol. The fourth-order valence-corrected chi connectivity index (χ4v) is 3.98. The van der Waals surface area contributed by atoms with Crippen molar-refractivity contribution in [2.24, 2.45) is 0 Å². The summed E-state index contributed by atoms with van der Waals surface area (Å²) in [7, 11) is 0. The number of Topliss-reactive ketones (excluding diaryl/α,β-unsaturated/α-hetero) is 1. The van der Waals surface area contributed by atoms with Gasteiger partial charge in [-0.25, -0.2) is 0 Å². The van der Waals surface area contributed by atoms with E-state index < -0.39 is 0 Å². The van der Waals surface area contributed by atoms with Crippen LogP contribution in [0.15, 0.2) is 36.4 Å². The molecule has 0 atom stereocenters. The smallest absolute Gasteiger partial charge is 0.253 e. The summed E-state index contributed by atoms with van der Waals surface area (Å²) in [6.45, 7) is 3.92. The molecule has 1 fully saturated rings. The van der Waals surface area contributed by atoms with E-state index in [0.29, 0.717) is 41.6 Å². The number of piperazine rings is 1. The Hall–Kier alpha value is -2.18. The van der Waals surface area contributed by atoms with Gasteiger partial charge in [-0.2, -0.15) is 0 Å². The van der Waals surface area contributed by atoms with Gasteiger partial charge >= 0.3 is 0 Å². The quantitative estimate of drug-likeness (QED) is 0.714. The highest BCUT2D eigenvalue weighted by molar-refractivity contribution is 7.14. The van der Waals surface area contributed by atoms with Gasteiger partial charge in [0.25, 0.3) is 5.91 Å². The van der Waals surface area contributed by atoms with Gasteiger partial charge in [0.05, 0.1) is 4.88 Å². The molecule has 142 valence electrons. The number of hydrogen-bond donors (Lipinski definition) is 0.